The first-order valence-electron chi connectivity index (χ1n) is 10.8. The van der Waals surface area contributed by atoms with Gasteiger partial charge in [-0.1, -0.05) is 30.7 Å². The topological polar surface area (TPSA) is 18.5 Å². The molecular formula is C24H35N3S2. The summed E-state index contributed by atoms with van der Waals surface area (Å²) in [7, 11) is 0. The molecule has 29 heavy (non-hydrogen) atoms. The fraction of sp³-hybridized carbons (Fsp3) is 0.542. The van der Waals surface area contributed by atoms with Crippen molar-refractivity contribution in [3.05, 3.63) is 51.2 Å². The van der Waals surface area contributed by atoms with Crippen molar-refractivity contribution in [3.63, 3.8) is 0 Å². The summed E-state index contributed by atoms with van der Waals surface area (Å²) in [6.45, 7) is 14.4. The normalized spacial score (nSPS) is 17.3. The van der Waals surface area contributed by atoms with Crippen LogP contribution in [0, 0.1) is 26.7 Å². The number of anilines is 1. The molecule has 1 fully saturated rings. The zero-order valence-electron chi connectivity index (χ0n) is 18.3. The molecule has 5 heteroatoms. The molecule has 1 aliphatic heterocycles. The number of rotatable bonds is 7. The molecule has 2 heterocycles. The quantitative estimate of drug-likeness (QED) is 0.544. The van der Waals surface area contributed by atoms with Crippen LogP contribution in [0.2, 0.25) is 0 Å². The average molecular weight is 430 g/mol. The Kier molecular flexibility index (Phi) is 8.10. The van der Waals surface area contributed by atoms with Crippen molar-refractivity contribution in [1.29, 1.82) is 0 Å². The van der Waals surface area contributed by atoms with Crippen molar-refractivity contribution < 1.29 is 0 Å². The van der Waals surface area contributed by atoms with Gasteiger partial charge in [-0.2, -0.15) is 0 Å². The zero-order chi connectivity index (χ0) is 20.8. The fourth-order valence-electron chi connectivity index (χ4n) is 4.38. The molecular weight excluding hydrogens is 394 g/mol. The summed E-state index contributed by atoms with van der Waals surface area (Å²) in [4.78, 5) is 6.33. The van der Waals surface area contributed by atoms with Crippen LogP contribution in [0.3, 0.4) is 0 Å². The van der Waals surface area contributed by atoms with E-state index < -0.39 is 0 Å². The van der Waals surface area contributed by atoms with Crippen LogP contribution in [0.25, 0.3) is 0 Å². The smallest absolute Gasteiger partial charge is 0.173 e. The number of aryl methyl sites for hydroxylation is 3. The molecule has 1 aromatic carbocycles. The van der Waals surface area contributed by atoms with E-state index in [0.29, 0.717) is 0 Å². The number of hydrogen-bond donors (Lipinski definition) is 1. The molecule has 158 valence electrons. The van der Waals surface area contributed by atoms with Gasteiger partial charge in [-0.25, -0.2) is 0 Å². The molecule has 1 atom stereocenters. The van der Waals surface area contributed by atoms with E-state index in [1.165, 1.54) is 47.5 Å². The molecule has 1 aromatic heterocycles. The van der Waals surface area contributed by atoms with Gasteiger partial charge >= 0.3 is 0 Å². The van der Waals surface area contributed by atoms with E-state index in [1.54, 1.807) is 11.3 Å². The van der Waals surface area contributed by atoms with Gasteiger partial charge in [-0.15, -0.1) is 11.3 Å². The molecule has 1 N–H and O–H groups in total. The summed E-state index contributed by atoms with van der Waals surface area (Å²) in [5.74, 6) is 0.834. The lowest BCUT2D eigenvalue weighted by Gasteiger charge is -2.32. The molecule has 1 aliphatic rings. The monoisotopic (exact) mass is 429 g/mol. The molecule has 0 saturated carbocycles. The standard InChI is InChI=1S/C24H35N3S2/c1-18-8-5-10-26(16-18)11-7-12-27(17-22-9-6-13-29-22)24(28)25-23-20(3)14-19(2)15-21(23)4/h6,9,13-15,18H,5,7-8,10-12,16-17H2,1-4H3,(H,25,28)/t18-/m1/s1. The summed E-state index contributed by atoms with van der Waals surface area (Å²) in [5.41, 5.74) is 4.95. The summed E-state index contributed by atoms with van der Waals surface area (Å²) in [5, 5.41) is 6.54. The molecule has 0 spiro atoms. The van der Waals surface area contributed by atoms with Crippen molar-refractivity contribution in [2.45, 2.75) is 53.5 Å². The SMILES string of the molecule is Cc1cc(C)c(NC(=S)N(CCCN2CCC[C@@H](C)C2)Cc2cccs2)c(C)c1. The van der Waals surface area contributed by atoms with Crippen molar-refractivity contribution >= 4 is 34.4 Å². The summed E-state index contributed by atoms with van der Waals surface area (Å²) in [6, 6.07) is 8.77. The van der Waals surface area contributed by atoms with Crippen molar-refractivity contribution in [1.82, 2.24) is 9.80 Å². The van der Waals surface area contributed by atoms with E-state index in [0.717, 1.165) is 42.8 Å². The Bertz CT molecular complexity index is 777. The van der Waals surface area contributed by atoms with E-state index in [4.69, 9.17) is 12.2 Å². The third kappa shape index (κ3) is 6.53. The van der Waals surface area contributed by atoms with Crippen LogP contribution in [0.5, 0.6) is 0 Å². The maximum Gasteiger partial charge on any atom is 0.173 e. The minimum Gasteiger partial charge on any atom is -0.344 e. The van der Waals surface area contributed by atoms with E-state index in [9.17, 15) is 0 Å². The highest BCUT2D eigenvalue weighted by molar-refractivity contribution is 7.80. The maximum absolute atomic E-state index is 5.88. The van der Waals surface area contributed by atoms with E-state index in [-0.39, 0.29) is 0 Å². The number of benzene rings is 1. The molecule has 0 unspecified atom stereocenters. The fourth-order valence-corrected chi connectivity index (χ4v) is 5.36. The first-order chi connectivity index (χ1) is 13.9. The van der Waals surface area contributed by atoms with E-state index in [2.05, 4.69) is 72.5 Å². The minimum absolute atomic E-state index is 0.834. The van der Waals surface area contributed by atoms with Gasteiger partial charge in [0.15, 0.2) is 5.11 Å². The van der Waals surface area contributed by atoms with Crippen LogP contribution in [-0.4, -0.2) is 41.1 Å². The van der Waals surface area contributed by atoms with E-state index >= 15 is 0 Å². The molecule has 3 nitrogen and oxygen atoms in total. The molecule has 0 aliphatic carbocycles. The molecule has 0 radical (unpaired) electrons. The van der Waals surface area contributed by atoms with Crippen LogP contribution >= 0.6 is 23.6 Å². The van der Waals surface area contributed by atoms with Gasteiger partial charge < -0.3 is 15.1 Å². The summed E-state index contributed by atoms with van der Waals surface area (Å²) in [6.07, 6.45) is 3.86. The van der Waals surface area contributed by atoms with Gasteiger partial charge in [0.2, 0.25) is 0 Å². The lowest BCUT2D eigenvalue weighted by atomic mass is 10.0. The number of likely N-dealkylation sites (tertiary alicyclic amines) is 1. The molecule has 3 rings (SSSR count). The minimum atomic E-state index is 0.834. The third-order valence-electron chi connectivity index (χ3n) is 5.77. The second-order valence-electron chi connectivity index (χ2n) is 8.61. The largest absolute Gasteiger partial charge is 0.344 e. The van der Waals surface area contributed by atoms with Gasteiger partial charge in [-0.05, 0) is 93.8 Å². The lowest BCUT2D eigenvalue weighted by Crippen LogP contribution is -2.39. The number of piperidine rings is 1. The number of thiophene rings is 1. The Morgan fingerprint density at radius 3 is 2.69 bits per heavy atom. The molecule has 0 bridgehead atoms. The van der Waals surface area contributed by atoms with Gasteiger partial charge in [0.25, 0.3) is 0 Å². The highest BCUT2D eigenvalue weighted by Gasteiger charge is 2.17. The van der Waals surface area contributed by atoms with Crippen molar-refractivity contribution in [2.24, 2.45) is 5.92 Å². The highest BCUT2D eigenvalue weighted by atomic mass is 32.1. The molecule has 2 aromatic rings. The zero-order valence-corrected chi connectivity index (χ0v) is 20.0. The van der Waals surface area contributed by atoms with Gasteiger partial charge in [0.1, 0.15) is 0 Å². The number of hydrogen-bond acceptors (Lipinski definition) is 3. The maximum atomic E-state index is 5.88. The Labute approximate surface area is 186 Å². The second-order valence-corrected chi connectivity index (χ2v) is 10.0. The van der Waals surface area contributed by atoms with Crippen molar-refractivity contribution in [3.8, 4) is 0 Å². The van der Waals surface area contributed by atoms with Gasteiger partial charge in [0.05, 0.1) is 6.54 Å². The predicted octanol–water partition coefficient (Wildman–Crippen LogP) is 5.99. The van der Waals surface area contributed by atoms with E-state index in [1.807, 2.05) is 0 Å². The lowest BCUT2D eigenvalue weighted by molar-refractivity contribution is 0.177. The Morgan fingerprint density at radius 2 is 2.03 bits per heavy atom. The Balaban J connectivity index is 1.63. The Morgan fingerprint density at radius 1 is 1.28 bits per heavy atom. The molecule has 1 saturated heterocycles. The second kappa shape index (κ2) is 10.6. The third-order valence-corrected chi connectivity index (χ3v) is 6.99. The summed E-state index contributed by atoms with van der Waals surface area (Å²) >= 11 is 7.68. The molecule has 0 amide bonds. The van der Waals surface area contributed by atoms with Crippen molar-refractivity contribution in [2.75, 3.05) is 31.5 Å². The average Bonchev–Trinajstić information content (AvgIpc) is 3.17. The first kappa shape index (κ1) is 22.3. The summed E-state index contributed by atoms with van der Waals surface area (Å²) < 4.78 is 0. The highest BCUT2D eigenvalue weighted by Crippen LogP contribution is 2.23. The van der Waals surface area contributed by atoms with Crippen LogP contribution in [-0.2, 0) is 6.54 Å². The predicted molar refractivity (Wildman–Crippen MR) is 131 cm³/mol. The van der Waals surface area contributed by atoms with Gasteiger partial charge in [0, 0.05) is 23.7 Å². The number of thiocarbonyl (C=S) groups is 1. The number of nitrogens with one attached hydrogen (secondary N) is 1. The first-order valence-corrected chi connectivity index (χ1v) is 12.1. The Hall–Kier alpha value is -1.43. The van der Waals surface area contributed by atoms with Crippen LogP contribution in [0.4, 0.5) is 5.69 Å². The number of nitrogens with zero attached hydrogens (tertiary/aromatic N) is 2. The van der Waals surface area contributed by atoms with Crippen LogP contribution < -0.4 is 5.32 Å². The van der Waals surface area contributed by atoms with Crippen LogP contribution in [0.15, 0.2) is 29.6 Å². The van der Waals surface area contributed by atoms with Crippen LogP contribution in [0.1, 0.15) is 47.8 Å². The van der Waals surface area contributed by atoms with Gasteiger partial charge in [-0.3, -0.25) is 0 Å².